The lowest BCUT2D eigenvalue weighted by molar-refractivity contribution is -0.380. The van der Waals surface area contributed by atoms with Gasteiger partial charge in [0.25, 0.3) is 5.91 Å². The summed E-state index contributed by atoms with van der Waals surface area (Å²) in [4.78, 5) is 23.2. The fraction of sp³-hybridized carbons (Fsp3) is 0.208. The highest BCUT2D eigenvalue weighted by atomic mass is 32.2. The van der Waals surface area contributed by atoms with Gasteiger partial charge in [0.15, 0.2) is 10.6 Å². The van der Waals surface area contributed by atoms with E-state index in [0.717, 1.165) is 41.7 Å². The number of alkyl halides is 3. The minimum Gasteiger partial charge on any atom is -0.494 e. The monoisotopic (exact) mass is 551 g/mol. The molecule has 37 heavy (non-hydrogen) atoms. The lowest BCUT2D eigenvalue weighted by Crippen LogP contribution is -2.39. The highest BCUT2D eigenvalue weighted by molar-refractivity contribution is 8.03. The Morgan fingerprint density at radius 2 is 1.76 bits per heavy atom. The van der Waals surface area contributed by atoms with Gasteiger partial charge in [-0.25, -0.2) is 0 Å². The molecular weight excluding hydrogens is 531 g/mol. The predicted molar refractivity (Wildman–Crippen MR) is 134 cm³/mol. The molecule has 0 bridgehead atoms. The fourth-order valence-electron chi connectivity index (χ4n) is 3.22. The smallest absolute Gasteiger partial charge is 0.416 e. The molecule has 2 aromatic carbocycles. The summed E-state index contributed by atoms with van der Waals surface area (Å²) in [5.41, 5.74) is -0.301. The molecule has 1 unspecified atom stereocenters. The number of carbonyl (C=O) groups is 1. The van der Waals surface area contributed by atoms with Crippen LogP contribution >= 0.6 is 23.1 Å². The fourth-order valence-corrected chi connectivity index (χ4v) is 4.94. The first kappa shape index (κ1) is 26.4. The number of nitro groups is 1. The van der Waals surface area contributed by atoms with Gasteiger partial charge in [-0.1, -0.05) is 18.3 Å². The van der Waals surface area contributed by atoms with Crippen LogP contribution in [0.3, 0.4) is 0 Å². The molecule has 13 heteroatoms. The molecule has 4 rings (SSSR count). The van der Waals surface area contributed by atoms with Crippen LogP contribution in [0.15, 0.2) is 65.8 Å². The first-order chi connectivity index (χ1) is 17.6. The number of thiophene rings is 1. The molecule has 0 fully saturated rings. The summed E-state index contributed by atoms with van der Waals surface area (Å²) in [7, 11) is 0. The van der Waals surface area contributed by atoms with Crippen molar-refractivity contribution in [2.24, 2.45) is 0 Å². The van der Waals surface area contributed by atoms with Crippen LogP contribution in [0.25, 0.3) is 5.70 Å². The van der Waals surface area contributed by atoms with E-state index >= 15 is 0 Å². The largest absolute Gasteiger partial charge is 0.494 e. The van der Waals surface area contributed by atoms with E-state index in [2.05, 4.69) is 10.6 Å². The molecule has 1 atom stereocenters. The summed E-state index contributed by atoms with van der Waals surface area (Å²) < 4.78 is 50.3. The molecule has 0 spiro atoms. The van der Waals surface area contributed by atoms with Crippen LogP contribution in [0, 0.1) is 10.1 Å². The normalized spacial score (nSPS) is 15.3. The van der Waals surface area contributed by atoms with Gasteiger partial charge in [0.2, 0.25) is 0 Å². The molecule has 0 saturated heterocycles. The molecule has 0 saturated carbocycles. The van der Waals surface area contributed by atoms with Crippen molar-refractivity contribution >= 4 is 39.7 Å². The number of benzene rings is 2. The Labute approximate surface area is 217 Å². The third-order valence-electron chi connectivity index (χ3n) is 4.97. The van der Waals surface area contributed by atoms with E-state index in [1.807, 2.05) is 6.92 Å². The minimum atomic E-state index is -4.47. The first-order valence-electron chi connectivity index (χ1n) is 10.9. The highest BCUT2D eigenvalue weighted by Gasteiger charge is 2.32. The van der Waals surface area contributed by atoms with Crippen molar-refractivity contribution in [1.82, 2.24) is 10.6 Å². The van der Waals surface area contributed by atoms with Crippen molar-refractivity contribution in [3.63, 3.8) is 0 Å². The number of nitrogens with one attached hydrogen (secondary N) is 2. The van der Waals surface area contributed by atoms with Gasteiger partial charge in [-0.05, 0) is 72.8 Å². The summed E-state index contributed by atoms with van der Waals surface area (Å²) >= 11 is 1.85. The van der Waals surface area contributed by atoms with E-state index < -0.39 is 28.1 Å². The number of amides is 1. The van der Waals surface area contributed by atoms with Crippen LogP contribution in [-0.4, -0.2) is 22.9 Å². The number of thioether (sulfide) groups is 1. The van der Waals surface area contributed by atoms with Gasteiger partial charge in [-0.3, -0.25) is 14.9 Å². The average Bonchev–Trinajstić information content (AvgIpc) is 3.51. The Morgan fingerprint density at radius 3 is 2.35 bits per heavy atom. The zero-order valence-corrected chi connectivity index (χ0v) is 20.8. The topological polar surface area (TPSA) is 103 Å². The lowest BCUT2D eigenvalue weighted by atomic mass is 10.1. The zero-order valence-electron chi connectivity index (χ0n) is 19.2. The number of hydrogen-bond donors (Lipinski definition) is 2. The number of nitrogens with zero attached hydrogens (tertiary/aromatic N) is 1. The molecule has 194 valence electrons. The molecule has 1 aliphatic heterocycles. The van der Waals surface area contributed by atoms with Gasteiger partial charge >= 0.3 is 11.2 Å². The Balaban J connectivity index is 1.55. The van der Waals surface area contributed by atoms with Gasteiger partial charge in [0.1, 0.15) is 11.5 Å². The van der Waals surface area contributed by atoms with E-state index in [9.17, 15) is 28.1 Å². The van der Waals surface area contributed by atoms with Crippen LogP contribution in [0.4, 0.5) is 18.2 Å². The first-order valence-corrected chi connectivity index (χ1v) is 12.6. The van der Waals surface area contributed by atoms with E-state index in [1.165, 1.54) is 24.3 Å². The summed E-state index contributed by atoms with van der Waals surface area (Å²) in [6.07, 6.45) is -3.62. The van der Waals surface area contributed by atoms with Gasteiger partial charge in [-0.15, -0.1) is 0 Å². The van der Waals surface area contributed by atoms with E-state index in [4.69, 9.17) is 9.47 Å². The number of rotatable bonds is 9. The van der Waals surface area contributed by atoms with Gasteiger partial charge < -0.3 is 20.1 Å². The van der Waals surface area contributed by atoms with Crippen molar-refractivity contribution in [2.75, 3.05) is 6.61 Å². The second-order valence-electron chi connectivity index (χ2n) is 7.67. The Hall–Kier alpha value is -3.71. The van der Waals surface area contributed by atoms with Crippen molar-refractivity contribution in [3.8, 4) is 11.5 Å². The number of hydrogen-bond acceptors (Lipinski definition) is 8. The third-order valence-corrected chi connectivity index (χ3v) is 6.98. The standard InChI is InChI=1S/C24H20F3N3O5S2/c1-2-13-34-16-7-3-14(4-8-16)20-22(35-17-9-5-15(6-10-17)24(25,26)27)37-23(28-20)29-21(31)18-11-12-19(36-18)30(32)33/h3-12,23,28H,2,13H2,1H3,(H,29,31). The lowest BCUT2D eigenvalue weighted by Gasteiger charge is -2.13. The van der Waals surface area contributed by atoms with Gasteiger partial charge in [0, 0.05) is 11.6 Å². The van der Waals surface area contributed by atoms with E-state index in [-0.39, 0.29) is 15.6 Å². The molecular formula is C24H20F3N3O5S2. The molecule has 2 N–H and O–H groups in total. The quantitative estimate of drug-likeness (QED) is 0.240. The summed E-state index contributed by atoms with van der Waals surface area (Å²) in [5, 5.41) is 17.0. The van der Waals surface area contributed by atoms with E-state index in [1.54, 1.807) is 24.3 Å². The SMILES string of the molecule is CCCOc1ccc(C2=C(Oc3ccc(C(F)(F)F)cc3)SC(NC(=O)c3ccc([N+](=O)[O-])s3)N2)cc1. The van der Waals surface area contributed by atoms with Crippen molar-refractivity contribution in [2.45, 2.75) is 25.0 Å². The van der Waals surface area contributed by atoms with Gasteiger partial charge in [0.05, 0.1) is 27.7 Å². The molecule has 1 aliphatic rings. The van der Waals surface area contributed by atoms with Crippen LogP contribution in [0.2, 0.25) is 0 Å². The Bertz CT molecular complexity index is 1310. The Kier molecular flexibility index (Phi) is 7.93. The molecule has 0 radical (unpaired) electrons. The summed E-state index contributed by atoms with van der Waals surface area (Å²) in [6.45, 7) is 2.56. The minimum absolute atomic E-state index is 0.158. The third kappa shape index (κ3) is 6.54. The molecule has 1 aromatic heterocycles. The van der Waals surface area contributed by atoms with Crippen molar-refractivity contribution in [1.29, 1.82) is 0 Å². The highest BCUT2D eigenvalue weighted by Crippen LogP contribution is 2.38. The van der Waals surface area contributed by atoms with Crippen LogP contribution in [0.5, 0.6) is 11.5 Å². The summed E-state index contributed by atoms with van der Waals surface area (Å²) in [6, 6.07) is 14.0. The van der Waals surface area contributed by atoms with Crippen LogP contribution < -0.4 is 20.1 Å². The molecule has 3 aromatic rings. The number of halogens is 3. The van der Waals surface area contributed by atoms with E-state index in [0.29, 0.717) is 28.7 Å². The maximum absolute atomic E-state index is 12.9. The molecule has 2 heterocycles. The zero-order chi connectivity index (χ0) is 26.6. The predicted octanol–water partition coefficient (Wildman–Crippen LogP) is 6.22. The second-order valence-corrected chi connectivity index (χ2v) is 9.81. The van der Waals surface area contributed by atoms with Crippen LogP contribution in [-0.2, 0) is 6.18 Å². The Morgan fingerprint density at radius 1 is 1.08 bits per heavy atom. The second kappa shape index (κ2) is 11.1. The maximum atomic E-state index is 12.9. The van der Waals surface area contributed by atoms with Crippen molar-refractivity contribution in [3.05, 3.63) is 91.9 Å². The maximum Gasteiger partial charge on any atom is 0.416 e. The van der Waals surface area contributed by atoms with Crippen molar-refractivity contribution < 1.29 is 32.4 Å². The molecule has 1 amide bonds. The van der Waals surface area contributed by atoms with Gasteiger partial charge in [-0.2, -0.15) is 13.2 Å². The van der Waals surface area contributed by atoms with Crippen LogP contribution in [0.1, 0.15) is 34.1 Å². The molecule has 0 aliphatic carbocycles. The number of carbonyl (C=O) groups excluding carboxylic acids is 1. The summed E-state index contributed by atoms with van der Waals surface area (Å²) in [5.74, 6) is 0.325. The molecule has 8 nitrogen and oxygen atoms in total. The average molecular weight is 552 g/mol. The number of ether oxygens (including phenoxy) is 2.